The van der Waals surface area contributed by atoms with E-state index in [9.17, 15) is 0 Å². The van der Waals surface area contributed by atoms with Gasteiger partial charge in [0.25, 0.3) is 0 Å². The van der Waals surface area contributed by atoms with E-state index in [0.717, 1.165) is 39.1 Å². The molecule has 1 aliphatic heterocycles. The molecule has 1 aromatic rings. The van der Waals surface area contributed by atoms with Gasteiger partial charge in [-0.15, -0.1) is 11.3 Å². The van der Waals surface area contributed by atoms with Gasteiger partial charge < -0.3 is 10.6 Å². The molecule has 1 atom stereocenters. The summed E-state index contributed by atoms with van der Waals surface area (Å²) < 4.78 is 0. The fourth-order valence-corrected chi connectivity index (χ4v) is 3.40. The van der Waals surface area contributed by atoms with E-state index in [2.05, 4.69) is 35.6 Å². The van der Waals surface area contributed by atoms with Gasteiger partial charge in [-0.2, -0.15) is 0 Å². The standard InChI is InChI=1S/C13H24N4S/c1-4-12(9-14)16-5-7-17(8-6-16)13-15-10(2)11(3)18-13/h12H,4-9,14H2,1-3H3. The van der Waals surface area contributed by atoms with Crippen LogP contribution in [0, 0.1) is 13.8 Å². The molecule has 1 aliphatic rings. The molecule has 1 saturated heterocycles. The number of rotatable bonds is 4. The van der Waals surface area contributed by atoms with E-state index in [1.54, 1.807) is 0 Å². The van der Waals surface area contributed by atoms with Gasteiger partial charge in [0.15, 0.2) is 5.13 Å². The van der Waals surface area contributed by atoms with E-state index in [-0.39, 0.29) is 0 Å². The fourth-order valence-electron chi connectivity index (χ4n) is 2.44. The second-order valence-corrected chi connectivity index (χ2v) is 6.14. The minimum Gasteiger partial charge on any atom is -0.346 e. The number of hydrogen-bond donors (Lipinski definition) is 1. The van der Waals surface area contributed by atoms with Crippen LogP contribution < -0.4 is 10.6 Å². The van der Waals surface area contributed by atoms with E-state index in [4.69, 9.17) is 5.73 Å². The molecular formula is C13H24N4S. The molecule has 1 fully saturated rings. The number of nitrogens with zero attached hydrogens (tertiary/aromatic N) is 3. The van der Waals surface area contributed by atoms with Crippen LogP contribution in [0.4, 0.5) is 5.13 Å². The van der Waals surface area contributed by atoms with Gasteiger partial charge in [0.1, 0.15) is 0 Å². The third-order valence-electron chi connectivity index (χ3n) is 3.86. The van der Waals surface area contributed by atoms with Crippen LogP contribution in [0.15, 0.2) is 0 Å². The van der Waals surface area contributed by atoms with Crippen LogP contribution in [0.5, 0.6) is 0 Å². The SMILES string of the molecule is CCC(CN)N1CCN(c2nc(C)c(C)s2)CC1. The maximum Gasteiger partial charge on any atom is 0.185 e. The highest BCUT2D eigenvalue weighted by Gasteiger charge is 2.23. The average molecular weight is 268 g/mol. The Morgan fingerprint density at radius 3 is 2.39 bits per heavy atom. The molecule has 0 aromatic carbocycles. The van der Waals surface area contributed by atoms with Gasteiger partial charge in [-0.25, -0.2) is 4.98 Å². The van der Waals surface area contributed by atoms with Crippen molar-refractivity contribution in [2.24, 2.45) is 5.73 Å². The molecule has 18 heavy (non-hydrogen) atoms. The van der Waals surface area contributed by atoms with Gasteiger partial charge in [-0.1, -0.05) is 6.92 Å². The minimum absolute atomic E-state index is 0.548. The third-order valence-corrected chi connectivity index (χ3v) is 5.00. The van der Waals surface area contributed by atoms with Gasteiger partial charge in [0.05, 0.1) is 5.69 Å². The molecule has 2 heterocycles. The smallest absolute Gasteiger partial charge is 0.185 e. The third kappa shape index (κ3) is 2.84. The average Bonchev–Trinajstić information content (AvgIpc) is 2.72. The van der Waals surface area contributed by atoms with E-state index in [0.29, 0.717) is 6.04 Å². The van der Waals surface area contributed by atoms with Crippen molar-refractivity contribution >= 4 is 16.5 Å². The summed E-state index contributed by atoms with van der Waals surface area (Å²) in [5.74, 6) is 0. The molecule has 102 valence electrons. The second kappa shape index (κ2) is 5.99. The van der Waals surface area contributed by atoms with Crippen molar-refractivity contribution in [1.29, 1.82) is 0 Å². The fraction of sp³-hybridized carbons (Fsp3) is 0.769. The first kappa shape index (κ1) is 13.8. The quantitative estimate of drug-likeness (QED) is 0.901. The molecule has 1 aromatic heterocycles. The van der Waals surface area contributed by atoms with Gasteiger partial charge in [-0.05, 0) is 20.3 Å². The van der Waals surface area contributed by atoms with E-state index in [1.807, 2.05) is 11.3 Å². The lowest BCUT2D eigenvalue weighted by molar-refractivity contribution is 0.184. The summed E-state index contributed by atoms with van der Waals surface area (Å²) in [7, 11) is 0. The first-order chi connectivity index (χ1) is 8.65. The van der Waals surface area contributed by atoms with Gasteiger partial charge in [0.2, 0.25) is 0 Å². The van der Waals surface area contributed by atoms with Crippen LogP contribution in [-0.2, 0) is 0 Å². The Bertz CT molecular complexity index is 359. The van der Waals surface area contributed by atoms with E-state index in [1.165, 1.54) is 15.7 Å². The highest BCUT2D eigenvalue weighted by Crippen LogP contribution is 2.26. The number of hydrogen-bond acceptors (Lipinski definition) is 5. The molecule has 5 heteroatoms. The van der Waals surface area contributed by atoms with Crippen LogP contribution in [0.1, 0.15) is 23.9 Å². The van der Waals surface area contributed by atoms with Crippen molar-refractivity contribution in [3.63, 3.8) is 0 Å². The molecule has 0 spiro atoms. The van der Waals surface area contributed by atoms with Crippen LogP contribution in [0.2, 0.25) is 0 Å². The second-order valence-electron chi connectivity index (χ2n) is 4.96. The topological polar surface area (TPSA) is 45.4 Å². The highest BCUT2D eigenvalue weighted by atomic mass is 32.1. The van der Waals surface area contributed by atoms with Crippen LogP contribution >= 0.6 is 11.3 Å². The Hall–Kier alpha value is -0.650. The number of aryl methyl sites for hydroxylation is 2. The summed E-state index contributed by atoms with van der Waals surface area (Å²) in [5, 5.41) is 1.19. The summed E-state index contributed by atoms with van der Waals surface area (Å²) in [6, 6.07) is 0.548. The maximum atomic E-state index is 5.82. The van der Waals surface area contributed by atoms with Gasteiger partial charge in [-0.3, -0.25) is 4.90 Å². The van der Waals surface area contributed by atoms with Crippen molar-refractivity contribution in [3.05, 3.63) is 10.6 Å². The lowest BCUT2D eigenvalue weighted by atomic mass is 10.1. The van der Waals surface area contributed by atoms with Crippen molar-refractivity contribution in [3.8, 4) is 0 Å². The van der Waals surface area contributed by atoms with Crippen molar-refractivity contribution in [2.75, 3.05) is 37.6 Å². The Kier molecular flexibility index (Phi) is 4.59. The molecule has 0 aliphatic carbocycles. The molecule has 0 saturated carbocycles. The van der Waals surface area contributed by atoms with Gasteiger partial charge >= 0.3 is 0 Å². The molecule has 2 rings (SSSR count). The lowest BCUT2D eigenvalue weighted by Crippen LogP contribution is -2.52. The Balaban J connectivity index is 1.94. The normalized spacial score (nSPS) is 19.2. The first-order valence-corrected chi connectivity index (χ1v) is 7.60. The zero-order valence-corrected chi connectivity index (χ0v) is 12.5. The molecule has 1 unspecified atom stereocenters. The summed E-state index contributed by atoms with van der Waals surface area (Å²) in [6.07, 6.45) is 1.14. The van der Waals surface area contributed by atoms with Crippen LogP contribution in [0.3, 0.4) is 0 Å². The van der Waals surface area contributed by atoms with Crippen molar-refractivity contribution in [1.82, 2.24) is 9.88 Å². The largest absolute Gasteiger partial charge is 0.346 e. The highest BCUT2D eigenvalue weighted by molar-refractivity contribution is 7.15. The van der Waals surface area contributed by atoms with Crippen LogP contribution in [-0.4, -0.2) is 48.6 Å². The van der Waals surface area contributed by atoms with E-state index >= 15 is 0 Å². The molecule has 2 N–H and O–H groups in total. The Labute approximate surface area is 114 Å². The number of nitrogens with two attached hydrogens (primary N) is 1. The molecular weight excluding hydrogens is 244 g/mol. The number of thiazole rings is 1. The maximum absolute atomic E-state index is 5.82. The molecule has 4 nitrogen and oxygen atoms in total. The summed E-state index contributed by atoms with van der Waals surface area (Å²) in [4.78, 5) is 10.9. The summed E-state index contributed by atoms with van der Waals surface area (Å²) in [6.45, 7) is 11.6. The Morgan fingerprint density at radius 1 is 1.28 bits per heavy atom. The molecule has 0 radical (unpaired) electrons. The molecule has 0 bridgehead atoms. The summed E-state index contributed by atoms with van der Waals surface area (Å²) >= 11 is 1.81. The predicted molar refractivity (Wildman–Crippen MR) is 78.5 cm³/mol. The molecule has 0 amide bonds. The minimum atomic E-state index is 0.548. The zero-order chi connectivity index (χ0) is 13.1. The van der Waals surface area contributed by atoms with Crippen LogP contribution in [0.25, 0.3) is 0 Å². The van der Waals surface area contributed by atoms with Gasteiger partial charge in [0, 0.05) is 43.6 Å². The lowest BCUT2D eigenvalue weighted by Gasteiger charge is -2.38. The zero-order valence-electron chi connectivity index (χ0n) is 11.6. The summed E-state index contributed by atoms with van der Waals surface area (Å²) in [5.41, 5.74) is 6.99. The Morgan fingerprint density at radius 2 is 1.94 bits per heavy atom. The van der Waals surface area contributed by atoms with Crippen molar-refractivity contribution < 1.29 is 0 Å². The first-order valence-electron chi connectivity index (χ1n) is 6.78. The van der Waals surface area contributed by atoms with E-state index < -0.39 is 0 Å². The number of piperazine rings is 1. The predicted octanol–water partition coefficient (Wildman–Crippen LogP) is 1.62. The number of anilines is 1. The monoisotopic (exact) mass is 268 g/mol. The van der Waals surface area contributed by atoms with Crippen molar-refractivity contribution in [2.45, 2.75) is 33.2 Å². The number of aromatic nitrogens is 1.